The van der Waals surface area contributed by atoms with Crippen molar-refractivity contribution in [2.45, 2.75) is 21.6 Å². The van der Waals surface area contributed by atoms with Gasteiger partial charge < -0.3 is 11.5 Å². The molecule has 3 rings (SSSR count). The SMILES string of the molecule is NC[C@]1(N)[C@H](c2cccc(F)c2)[C@H]1S(=O)(=O)c1ccccc1. The van der Waals surface area contributed by atoms with Crippen LogP contribution in [0.1, 0.15) is 11.5 Å². The van der Waals surface area contributed by atoms with Gasteiger partial charge in [0.2, 0.25) is 0 Å². The molecule has 0 radical (unpaired) electrons. The van der Waals surface area contributed by atoms with E-state index in [1.165, 1.54) is 24.3 Å². The minimum absolute atomic E-state index is 0.0188. The monoisotopic (exact) mass is 320 g/mol. The maximum absolute atomic E-state index is 13.4. The fraction of sp³-hybridized carbons (Fsp3) is 0.250. The summed E-state index contributed by atoms with van der Waals surface area (Å²) in [5, 5.41) is -0.839. The van der Waals surface area contributed by atoms with Gasteiger partial charge in [0.05, 0.1) is 15.7 Å². The number of nitrogens with two attached hydrogens (primary N) is 2. The lowest BCUT2D eigenvalue weighted by atomic mass is 10.1. The average Bonchev–Trinajstić information content (AvgIpc) is 3.16. The Morgan fingerprint density at radius 1 is 1.09 bits per heavy atom. The maximum atomic E-state index is 13.4. The molecule has 116 valence electrons. The average molecular weight is 320 g/mol. The molecule has 0 amide bonds. The molecule has 3 atom stereocenters. The molecule has 4 N–H and O–H groups in total. The summed E-state index contributed by atoms with van der Waals surface area (Å²) in [7, 11) is -3.62. The van der Waals surface area contributed by atoms with Gasteiger partial charge in [0.25, 0.3) is 0 Å². The second kappa shape index (κ2) is 5.15. The number of sulfone groups is 1. The molecule has 6 heteroatoms. The van der Waals surface area contributed by atoms with Crippen LogP contribution in [-0.2, 0) is 9.84 Å². The van der Waals surface area contributed by atoms with Crippen LogP contribution in [-0.4, -0.2) is 25.8 Å². The van der Waals surface area contributed by atoms with Crippen LogP contribution < -0.4 is 11.5 Å². The highest BCUT2D eigenvalue weighted by atomic mass is 32.2. The topological polar surface area (TPSA) is 86.2 Å². The minimum atomic E-state index is -3.62. The molecule has 0 aliphatic heterocycles. The Morgan fingerprint density at radius 3 is 2.36 bits per heavy atom. The first kappa shape index (κ1) is 15.1. The summed E-state index contributed by atoms with van der Waals surface area (Å²) in [6.45, 7) is 0.0188. The van der Waals surface area contributed by atoms with E-state index in [0.29, 0.717) is 5.56 Å². The van der Waals surface area contributed by atoms with Crippen molar-refractivity contribution in [2.75, 3.05) is 6.54 Å². The van der Waals surface area contributed by atoms with Crippen molar-refractivity contribution in [1.82, 2.24) is 0 Å². The third-order valence-electron chi connectivity index (χ3n) is 4.27. The van der Waals surface area contributed by atoms with Crippen LogP contribution >= 0.6 is 0 Å². The molecule has 0 unspecified atom stereocenters. The lowest BCUT2D eigenvalue weighted by Gasteiger charge is -2.08. The van der Waals surface area contributed by atoms with Crippen LogP contribution in [0.3, 0.4) is 0 Å². The van der Waals surface area contributed by atoms with Crippen molar-refractivity contribution in [3.63, 3.8) is 0 Å². The summed E-state index contributed by atoms with van der Waals surface area (Å²) >= 11 is 0. The van der Waals surface area contributed by atoms with E-state index in [2.05, 4.69) is 0 Å². The van der Waals surface area contributed by atoms with Crippen molar-refractivity contribution in [1.29, 1.82) is 0 Å². The molecule has 22 heavy (non-hydrogen) atoms. The quantitative estimate of drug-likeness (QED) is 0.892. The van der Waals surface area contributed by atoms with Gasteiger partial charge >= 0.3 is 0 Å². The van der Waals surface area contributed by atoms with Crippen LogP contribution in [0.15, 0.2) is 59.5 Å². The molecule has 4 nitrogen and oxygen atoms in total. The van der Waals surface area contributed by atoms with Crippen LogP contribution in [0.2, 0.25) is 0 Å². The summed E-state index contributed by atoms with van der Waals surface area (Å²) < 4.78 is 39.1. The van der Waals surface area contributed by atoms with Gasteiger partial charge in [-0.05, 0) is 29.8 Å². The number of hydrogen-bond acceptors (Lipinski definition) is 4. The summed E-state index contributed by atoms with van der Waals surface area (Å²) in [6, 6.07) is 14.0. The molecule has 1 aliphatic carbocycles. The molecule has 1 saturated carbocycles. The molecule has 0 spiro atoms. The van der Waals surface area contributed by atoms with Crippen molar-refractivity contribution in [3.8, 4) is 0 Å². The second-order valence-corrected chi connectivity index (χ2v) is 7.70. The van der Waals surface area contributed by atoms with E-state index in [0.717, 1.165) is 0 Å². The molecule has 0 heterocycles. The van der Waals surface area contributed by atoms with Gasteiger partial charge in [0.15, 0.2) is 9.84 Å². The molecule has 1 aliphatic rings. The number of hydrogen-bond donors (Lipinski definition) is 2. The number of rotatable bonds is 4. The molecular formula is C16H17FN2O2S. The zero-order chi connectivity index (χ0) is 16.0. The fourth-order valence-corrected chi connectivity index (χ4v) is 5.42. The van der Waals surface area contributed by atoms with Crippen LogP contribution in [0, 0.1) is 5.82 Å². The Hall–Kier alpha value is -1.76. The minimum Gasteiger partial charge on any atom is -0.329 e. The standard InChI is InChI=1S/C16H17FN2O2S/c17-12-6-4-5-11(9-12)14-15(16(14,19)10-18)22(20,21)13-7-2-1-3-8-13/h1-9,14-15H,10,18-19H2/t14-,15-,16+/m1/s1. The normalized spacial score (nSPS) is 27.6. The lowest BCUT2D eigenvalue weighted by molar-refractivity contribution is 0.586. The van der Waals surface area contributed by atoms with E-state index in [4.69, 9.17) is 11.5 Å². The van der Waals surface area contributed by atoms with E-state index in [1.54, 1.807) is 30.3 Å². The van der Waals surface area contributed by atoms with Crippen LogP contribution in [0.4, 0.5) is 4.39 Å². The van der Waals surface area contributed by atoms with E-state index in [9.17, 15) is 12.8 Å². The van der Waals surface area contributed by atoms with E-state index in [1.807, 2.05) is 0 Å². The van der Waals surface area contributed by atoms with Crippen molar-refractivity contribution in [2.24, 2.45) is 11.5 Å². The van der Waals surface area contributed by atoms with Gasteiger partial charge in [-0.2, -0.15) is 0 Å². The predicted octanol–water partition coefficient (Wildman–Crippen LogP) is 1.42. The van der Waals surface area contributed by atoms with E-state index in [-0.39, 0.29) is 11.4 Å². The largest absolute Gasteiger partial charge is 0.329 e. The first-order valence-corrected chi connectivity index (χ1v) is 8.49. The van der Waals surface area contributed by atoms with Gasteiger partial charge in [-0.1, -0.05) is 30.3 Å². The van der Waals surface area contributed by atoms with Crippen LogP contribution in [0.5, 0.6) is 0 Å². The van der Waals surface area contributed by atoms with E-state index >= 15 is 0 Å². The summed E-state index contributed by atoms with van der Waals surface area (Å²) in [5.74, 6) is -0.918. The first-order chi connectivity index (χ1) is 10.4. The predicted molar refractivity (Wildman–Crippen MR) is 82.5 cm³/mol. The maximum Gasteiger partial charge on any atom is 0.183 e. The Bertz CT molecular complexity index is 795. The zero-order valence-corrected chi connectivity index (χ0v) is 12.6. The smallest absolute Gasteiger partial charge is 0.183 e. The fourth-order valence-electron chi connectivity index (χ4n) is 3.08. The Balaban J connectivity index is 2.04. The van der Waals surface area contributed by atoms with Gasteiger partial charge in [0, 0.05) is 12.5 Å². The van der Waals surface area contributed by atoms with Crippen LogP contribution in [0.25, 0.3) is 0 Å². The number of benzene rings is 2. The molecule has 2 aromatic rings. The molecule has 0 saturated heterocycles. The highest BCUT2D eigenvalue weighted by Crippen LogP contribution is 2.55. The Labute approximate surface area is 128 Å². The molecule has 0 aromatic heterocycles. The molecule has 1 fully saturated rings. The highest BCUT2D eigenvalue weighted by Gasteiger charge is 2.68. The Morgan fingerprint density at radius 2 is 1.77 bits per heavy atom. The highest BCUT2D eigenvalue weighted by molar-refractivity contribution is 7.92. The summed E-state index contributed by atoms with van der Waals surface area (Å²) in [5.41, 5.74) is 11.4. The van der Waals surface area contributed by atoms with Crippen molar-refractivity contribution < 1.29 is 12.8 Å². The lowest BCUT2D eigenvalue weighted by Crippen LogP contribution is -2.39. The summed E-state index contributed by atoms with van der Waals surface area (Å²) in [6.07, 6.45) is 0. The second-order valence-electron chi connectivity index (χ2n) is 5.63. The number of halogens is 1. The van der Waals surface area contributed by atoms with Gasteiger partial charge in [0.1, 0.15) is 5.82 Å². The first-order valence-electron chi connectivity index (χ1n) is 6.94. The van der Waals surface area contributed by atoms with Crippen molar-refractivity contribution in [3.05, 3.63) is 66.0 Å². The molecular weight excluding hydrogens is 303 g/mol. The van der Waals surface area contributed by atoms with E-state index < -0.39 is 32.4 Å². The summed E-state index contributed by atoms with van der Waals surface area (Å²) in [4.78, 5) is 0.210. The third-order valence-corrected chi connectivity index (χ3v) is 6.58. The van der Waals surface area contributed by atoms with Crippen molar-refractivity contribution >= 4 is 9.84 Å². The third kappa shape index (κ3) is 2.24. The Kier molecular flexibility index (Phi) is 3.55. The molecule has 0 bridgehead atoms. The molecule has 2 aromatic carbocycles. The van der Waals surface area contributed by atoms with Gasteiger partial charge in [-0.25, -0.2) is 12.8 Å². The van der Waals surface area contributed by atoms with Gasteiger partial charge in [-0.3, -0.25) is 0 Å². The van der Waals surface area contributed by atoms with Gasteiger partial charge in [-0.15, -0.1) is 0 Å². The zero-order valence-electron chi connectivity index (χ0n) is 11.8.